The Kier molecular flexibility index (Phi) is 5.34. The van der Waals surface area contributed by atoms with Crippen molar-refractivity contribution in [2.75, 3.05) is 18.9 Å². The van der Waals surface area contributed by atoms with E-state index in [4.69, 9.17) is 15.7 Å². The molecule has 0 fully saturated rings. The topological polar surface area (TPSA) is 89.1 Å². The Balaban J connectivity index is 1.66. The molecule has 33 heavy (non-hydrogen) atoms. The van der Waals surface area contributed by atoms with E-state index >= 15 is 0 Å². The van der Waals surface area contributed by atoms with Gasteiger partial charge in [0, 0.05) is 41.8 Å². The molecule has 1 aliphatic rings. The molecule has 0 saturated heterocycles. The maximum absolute atomic E-state index is 12.0. The predicted octanol–water partition coefficient (Wildman–Crippen LogP) is 3.99. The highest BCUT2D eigenvalue weighted by Gasteiger charge is 2.27. The number of nitrogens with one attached hydrogen (secondary N) is 1. The highest BCUT2D eigenvalue weighted by molar-refractivity contribution is 6.06. The van der Waals surface area contributed by atoms with Gasteiger partial charge in [-0.25, -0.2) is 4.98 Å². The van der Waals surface area contributed by atoms with Gasteiger partial charge in [0.15, 0.2) is 0 Å². The molecule has 3 heterocycles. The van der Waals surface area contributed by atoms with Crippen molar-refractivity contribution in [1.29, 1.82) is 0 Å². The highest BCUT2D eigenvalue weighted by Crippen LogP contribution is 2.34. The number of nitrogens with zero attached hydrogens (tertiary/aromatic N) is 4. The summed E-state index contributed by atoms with van der Waals surface area (Å²) in [5, 5.41) is 4.39. The first-order valence-electron chi connectivity index (χ1n) is 11.2. The number of aromatic nitrogens is 3. The SMILES string of the molecule is Cc1cc2c(C(N)=O)cccc2n1-c1nc2c(c(NCc3ccccc3)n1)C(C)CN(C)C2. The lowest BCUT2D eigenvalue weighted by Gasteiger charge is -2.31. The quantitative estimate of drug-likeness (QED) is 0.490. The first kappa shape index (κ1) is 21.2. The molecule has 0 spiro atoms. The number of carbonyl (C=O) groups excluding carboxylic acids is 1. The van der Waals surface area contributed by atoms with Crippen molar-refractivity contribution in [3.8, 4) is 5.95 Å². The average Bonchev–Trinajstić information content (AvgIpc) is 3.13. The molecule has 5 rings (SSSR count). The minimum atomic E-state index is -0.440. The molecule has 7 nitrogen and oxygen atoms in total. The molecule has 3 N–H and O–H groups in total. The van der Waals surface area contributed by atoms with Crippen molar-refractivity contribution >= 4 is 22.6 Å². The van der Waals surface area contributed by atoms with Crippen molar-refractivity contribution < 1.29 is 4.79 Å². The van der Waals surface area contributed by atoms with Crippen LogP contribution in [0.25, 0.3) is 16.9 Å². The zero-order valence-corrected chi connectivity index (χ0v) is 19.2. The summed E-state index contributed by atoms with van der Waals surface area (Å²) in [6.45, 7) is 6.63. The van der Waals surface area contributed by atoms with Gasteiger partial charge in [-0.2, -0.15) is 4.98 Å². The minimum Gasteiger partial charge on any atom is -0.366 e. The van der Waals surface area contributed by atoms with Crippen LogP contribution in [0.5, 0.6) is 0 Å². The Hall–Kier alpha value is -3.71. The second kappa shape index (κ2) is 8.33. The third-order valence-corrected chi connectivity index (χ3v) is 6.31. The Bertz CT molecular complexity index is 1340. The summed E-state index contributed by atoms with van der Waals surface area (Å²) in [5.74, 6) is 1.34. The molecule has 1 unspecified atom stereocenters. The van der Waals surface area contributed by atoms with Crippen LogP contribution in [0.3, 0.4) is 0 Å². The molecule has 1 atom stereocenters. The molecule has 168 valence electrons. The summed E-state index contributed by atoms with van der Waals surface area (Å²) in [4.78, 5) is 24.3. The van der Waals surface area contributed by atoms with Gasteiger partial charge in [0.25, 0.3) is 0 Å². The highest BCUT2D eigenvalue weighted by atomic mass is 16.1. The maximum atomic E-state index is 12.0. The number of amides is 1. The van der Waals surface area contributed by atoms with E-state index in [0.717, 1.165) is 41.2 Å². The van der Waals surface area contributed by atoms with E-state index in [-0.39, 0.29) is 0 Å². The summed E-state index contributed by atoms with van der Waals surface area (Å²) in [6, 6.07) is 17.9. The van der Waals surface area contributed by atoms with Gasteiger partial charge in [-0.3, -0.25) is 14.3 Å². The molecule has 0 saturated carbocycles. The van der Waals surface area contributed by atoms with Crippen LogP contribution in [0.4, 0.5) is 5.82 Å². The lowest BCUT2D eigenvalue weighted by Crippen LogP contribution is -2.31. The number of primary amides is 1. The van der Waals surface area contributed by atoms with E-state index in [1.54, 1.807) is 6.07 Å². The Labute approximate surface area is 193 Å². The van der Waals surface area contributed by atoms with E-state index < -0.39 is 5.91 Å². The van der Waals surface area contributed by atoms with Crippen LogP contribution in [0.2, 0.25) is 0 Å². The van der Waals surface area contributed by atoms with E-state index in [1.807, 2.05) is 47.9 Å². The third-order valence-electron chi connectivity index (χ3n) is 6.31. The number of benzene rings is 2. The first-order chi connectivity index (χ1) is 15.9. The number of aryl methyl sites for hydroxylation is 1. The number of carbonyl (C=O) groups is 1. The van der Waals surface area contributed by atoms with Crippen molar-refractivity contribution in [3.05, 3.63) is 82.7 Å². The van der Waals surface area contributed by atoms with Crippen LogP contribution in [-0.4, -0.2) is 38.9 Å². The summed E-state index contributed by atoms with van der Waals surface area (Å²) in [5.41, 5.74) is 11.4. The second-order valence-electron chi connectivity index (χ2n) is 8.89. The van der Waals surface area contributed by atoms with Gasteiger partial charge in [-0.15, -0.1) is 0 Å². The number of likely N-dealkylation sites (N-methyl/N-ethyl adjacent to an activating group) is 1. The van der Waals surface area contributed by atoms with Gasteiger partial charge in [0.05, 0.1) is 11.2 Å². The zero-order chi connectivity index (χ0) is 23.1. The number of anilines is 1. The van der Waals surface area contributed by atoms with Crippen molar-refractivity contribution in [2.24, 2.45) is 5.73 Å². The van der Waals surface area contributed by atoms with Crippen LogP contribution in [0.1, 0.15) is 45.7 Å². The monoisotopic (exact) mass is 440 g/mol. The zero-order valence-electron chi connectivity index (χ0n) is 19.2. The van der Waals surface area contributed by atoms with Gasteiger partial charge in [0.2, 0.25) is 11.9 Å². The molecule has 2 aromatic heterocycles. The van der Waals surface area contributed by atoms with Crippen LogP contribution >= 0.6 is 0 Å². The van der Waals surface area contributed by atoms with Crippen LogP contribution in [0, 0.1) is 6.92 Å². The fraction of sp³-hybridized carbons (Fsp3) is 0.269. The number of hydrogen-bond donors (Lipinski definition) is 2. The number of rotatable bonds is 5. The van der Waals surface area contributed by atoms with Crippen molar-refractivity contribution in [3.63, 3.8) is 0 Å². The lowest BCUT2D eigenvalue weighted by atomic mass is 9.95. The van der Waals surface area contributed by atoms with Gasteiger partial charge >= 0.3 is 0 Å². The average molecular weight is 441 g/mol. The lowest BCUT2D eigenvalue weighted by molar-refractivity contribution is 0.100. The second-order valence-corrected chi connectivity index (χ2v) is 8.89. The van der Waals surface area contributed by atoms with Crippen LogP contribution in [0.15, 0.2) is 54.6 Å². The summed E-state index contributed by atoms with van der Waals surface area (Å²) in [7, 11) is 2.12. The number of nitrogens with two attached hydrogens (primary N) is 1. The van der Waals surface area contributed by atoms with Gasteiger partial charge < -0.3 is 11.1 Å². The van der Waals surface area contributed by atoms with E-state index in [1.165, 1.54) is 11.1 Å². The standard InChI is InChI=1S/C26H28N6O/c1-16-14-31(3)15-21-23(16)25(28-13-18-8-5-4-6-9-18)30-26(29-21)32-17(2)12-20-19(24(27)33)10-7-11-22(20)32/h4-12,16H,13-15H2,1-3H3,(H2,27,33)(H,28,29,30). The van der Waals surface area contributed by atoms with Crippen molar-refractivity contribution in [2.45, 2.75) is 32.9 Å². The van der Waals surface area contributed by atoms with Crippen LogP contribution in [-0.2, 0) is 13.1 Å². The third kappa shape index (κ3) is 3.85. The first-order valence-corrected chi connectivity index (χ1v) is 11.2. The fourth-order valence-electron chi connectivity index (χ4n) is 4.88. The van der Waals surface area contributed by atoms with Crippen LogP contribution < -0.4 is 11.1 Å². The Morgan fingerprint density at radius 2 is 1.94 bits per heavy atom. The molecular weight excluding hydrogens is 412 g/mol. The molecule has 4 aromatic rings. The summed E-state index contributed by atoms with van der Waals surface area (Å²) in [6.07, 6.45) is 0. The fourth-order valence-corrected chi connectivity index (χ4v) is 4.88. The largest absolute Gasteiger partial charge is 0.366 e. The summed E-state index contributed by atoms with van der Waals surface area (Å²) < 4.78 is 2.01. The molecule has 2 aromatic carbocycles. The molecular formula is C26H28N6O. The normalized spacial score (nSPS) is 16.0. The van der Waals surface area contributed by atoms with Gasteiger partial charge in [-0.05, 0) is 43.7 Å². The van der Waals surface area contributed by atoms with Gasteiger partial charge in [-0.1, -0.05) is 43.3 Å². The number of fused-ring (bicyclic) bond motifs is 2. The van der Waals surface area contributed by atoms with Crippen molar-refractivity contribution in [1.82, 2.24) is 19.4 Å². The molecule has 7 heteroatoms. The molecule has 1 aliphatic heterocycles. The molecule has 0 radical (unpaired) electrons. The predicted molar refractivity (Wildman–Crippen MR) is 131 cm³/mol. The van der Waals surface area contributed by atoms with E-state index in [0.29, 0.717) is 24.0 Å². The molecule has 0 bridgehead atoms. The van der Waals surface area contributed by atoms with Gasteiger partial charge in [0.1, 0.15) is 5.82 Å². The maximum Gasteiger partial charge on any atom is 0.249 e. The smallest absolute Gasteiger partial charge is 0.249 e. The Morgan fingerprint density at radius 3 is 2.70 bits per heavy atom. The van der Waals surface area contributed by atoms with E-state index in [2.05, 4.69) is 36.3 Å². The molecule has 1 amide bonds. The molecule has 0 aliphatic carbocycles. The Morgan fingerprint density at radius 1 is 1.15 bits per heavy atom. The summed E-state index contributed by atoms with van der Waals surface area (Å²) >= 11 is 0. The van der Waals surface area contributed by atoms with E-state index in [9.17, 15) is 4.79 Å². The minimum absolute atomic E-state index is 0.315. The number of hydrogen-bond acceptors (Lipinski definition) is 5.